The number of hydrogen-bond donors (Lipinski definition) is 1. The number of carbonyl (C=O) groups is 2. The number of rotatable bonds is 8. The minimum atomic E-state index is -0.461. The minimum Gasteiger partial charge on any atom is -0.493 e. The SMILES string of the molecule is O=C(c1cc(C2CC2)c(OCC2CCN(C(c3ccccc3)c3ccccc3)C2)cc1F)N1CCCC1.O=CO. The van der Waals surface area contributed by atoms with Crippen LogP contribution in [-0.4, -0.2) is 60.1 Å². The predicted molar refractivity (Wildman–Crippen MR) is 152 cm³/mol. The fraction of sp³-hybridized carbons (Fsp3) is 0.394. The van der Waals surface area contributed by atoms with Crippen molar-refractivity contribution in [3.05, 3.63) is 101 Å². The van der Waals surface area contributed by atoms with E-state index in [2.05, 4.69) is 65.6 Å². The molecule has 3 aromatic carbocycles. The molecule has 2 saturated heterocycles. The predicted octanol–water partition coefficient (Wildman–Crippen LogP) is 6.13. The van der Waals surface area contributed by atoms with E-state index in [1.807, 2.05) is 0 Å². The molecule has 3 aliphatic rings. The molecule has 0 bridgehead atoms. The molecule has 6 nitrogen and oxygen atoms in total. The van der Waals surface area contributed by atoms with Gasteiger partial charge in [0.25, 0.3) is 12.4 Å². The lowest BCUT2D eigenvalue weighted by molar-refractivity contribution is -0.122. The molecule has 1 N–H and O–H groups in total. The first-order valence-electron chi connectivity index (χ1n) is 14.3. The first-order chi connectivity index (χ1) is 19.6. The van der Waals surface area contributed by atoms with Gasteiger partial charge in [0.2, 0.25) is 0 Å². The van der Waals surface area contributed by atoms with Gasteiger partial charge < -0.3 is 14.7 Å². The topological polar surface area (TPSA) is 70.1 Å². The highest BCUT2D eigenvalue weighted by atomic mass is 19.1. The highest BCUT2D eigenvalue weighted by molar-refractivity contribution is 5.95. The summed E-state index contributed by atoms with van der Waals surface area (Å²) in [6, 6.07) is 24.8. The number of carboxylic acid groups (broad SMARTS) is 1. The van der Waals surface area contributed by atoms with Crippen LogP contribution in [0.1, 0.15) is 71.1 Å². The molecular formula is C33H37FN2O4. The number of benzene rings is 3. The van der Waals surface area contributed by atoms with E-state index in [1.165, 1.54) is 17.2 Å². The van der Waals surface area contributed by atoms with Crippen LogP contribution >= 0.6 is 0 Å². The van der Waals surface area contributed by atoms with Crippen LogP contribution in [0.4, 0.5) is 4.39 Å². The smallest absolute Gasteiger partial charge is 0.290 e. The third kappa shape index (κ3) is 6.53. The number of amides is 1. The molecule has 1 unspecified atom stereocenters. The van der Waals surface area contributed by atoms with Gasteiger partial charge in [0.05, 0.1) is 18.2 Å². The van der Waals surface area contributed by atoms with Gasteiger partial charge in [-0.2, -0.15) is 0 Å². The second-order valence-corrected chi connectivity index (χ2v) is 10.9. The molecule has 6 rings (SSSR count). The minimum absolute atomic E-state index is 0.178. The summed E-state index contributed by atoms with van der Waals surface area (Å²) in [7, 11) is 0. The van der Waals surface area contributed by atoms with E-state index >= 15 is 4.39 Å². The van der Waals surface area contributed by atoms with Gasteiger partial charge in [0.15, 0.2) is 0 Å². The van der Waals surface area contributed by atoms with E-state index in [4.69, 9.17) is 14.6 Å². The number of carbonyl (C=O) groups excluding carboxylic acids is 1. The Kier molecular flexibility index (Phi) is 9.12. The van der Waals surface area contributed by atoms with Gasteiger partial charge in [0, 0.05) is 31.6 Å². The Morgan fingerprint density at radius 2 is 1.55 bits per heavy atom. The van der Waals surface area contributed by atoms with Crippen molar-refractivity contribution in [2.45, 2.75) is 44.1 Å². The summed E-state index contributed by atoms with van der Waals surface area (Å²) < 4.78 is 21.4. The molecule has 40 heavy (non-hydrogen) atoms. The Morgan fingerprint density at radius 3 is 2.12 bits per heavy atom. The van der Waals surface area contributed by atoms with Crippen LogP contribution in [-0.2, 0) is 4.79 Å². The van der Waals surface area contributed by atoms with E-state index in [1.54, 1.807) is 11.0 Å². The first kappa shape index (κ1) is 27.8. The van der Waals surface area contributed by atoms with Crippen LogP contribution in [0.15, 0.2) is 72.8 Å². The third-order valence-electron chi connectivity index (χ3n) is 8.13. The van der Waals surface area contributed by atoms with Gasteiger partial charge >= 0.3 is 0 Å². The number of likely N-dealkylation sites (tertiary alicyclic amines) is 2. The zero-order valence-corrected chi connectivity index (χ0v) is 22.8. The standard InChI is InChI=1S/C32H35FN2O2.CH2O2/c33-29-20-30(27(24-13-14-24)19-28(29)32(36)34-16-7-8-17-34)37-22-23-15-18-35(21-23)31(25-9-3-1-4-10-25)26-11-5-2-6-12-26;2-1-3/h1-6,9-12,19-20,23-24,31H,7-8,13-18,21-22H2;1H,(H,2,3). The highest BCUT2D eigenvalue weighted by Crippen LogP contribution is 2.45. The van der Waals surface area contributed by atoms with Crippen molar-refractivity contribution in [2.75, 3.05) is 32.8 Å². The summed E-state index contributed by atoms with van der Waals surface area (Å²) in [5.41, 5.74) is 3.81. The van der Waals surface area contributed by atoms with Crippen LogP contribution in [0.3, 0.4) is 0 Å². The number of hydrogen-bond acceptors (Lipinski definition) is 4. The summed E-state index contributed by atoms with van der Waals surface area (Å²) in [5, 5.41) is 6.89. The summed E-state index contributed by atoms with van der Waals surface area (Å²) >= 11 is 0. The van der Waals surface area contributed by atoms with Crippen molar-refractivity contribution in [3.63, 3.8) is 0 Å². The van der Waals surface area contributed by atoms with Crippen molar-refractivity contribution in [1.82, 2.24) is 9.80 Å². The van der Waals surface area contributed by atoms with E-state index in [0.29, 0.717) is 24.2 Å². The van der Waals surface area contributed by atoms with Gasteiger partial charge in [-0.3, -0.25) is 14.5 Å². The highest BCUT2D eigenvalue weighted by Gasteiger charge is 2.33. The Bertz CT molecular complexity index is 1240. The third-order valence-corrected chi connectivity index (χ3v) is 8.13. The molecule has 1 saturated carbocycles. The van der Waals surface area contributed by atoms with Gasteiger partial charge in [-0.1, -0.05) is 60.7 Å². The van der Waals surface area contributed by atoms with Crippen LogP contribution < -0.4 is 4.74 Å². The summed E-state index contributed by atoms with van der Waals surface area (Å²) in [6.45, 7) is 3.68. The molecule has 0 radical (unpaired) electrons. The van der Waals surface area contributed by atoms with Gasteiger partial charge in [-0.15, -0.1) is 0 Å². The average molecular weight is 545 g/mol. The lowest BCUT2D eigenvalue weighted by atomic mass is 9.97. The Balaban J connectivity index is 0.00000103. The van der Waals surface area contributed by atoms with Crippen molar-refractivity contribution in [1.29, 1.82) is 0 Å². The maximum atomic E-state index is 15.1. The summed E-state index contributed by atoms with van der Waals surface area (Å²) in [5.74, 6) is 0.733. The Morgan fingerprint density at radius 1 is 0.950 bits per heavy atom. The first-order valence-corrected chi connectivity index (χ1v) is 14.3. The summed E-state index contributed by atoms with van der Waals surface area (Å²) in [4.78, 5) is 25.6. The second-order valence-electron chi connectivity index (χ2n) is 10.9. The van der Waals surface area contributed by atoms with Crippen molar-refractivity contribution in [3.8, 4) is 5.75 Å². The molecule has 3 aromatic rings. The van der Waals surface area contributed by atoms with Crippen LogP contribution in [0.25, 0.3) is 0 Å². The fourth-order valence-corrected chi connectivity index (χ4v) is 5.99. The number of nitrogens with zero attached hydrogens (tertiary/aromatic N) is 2. The maximum absolute atomic E-state index is 15.1. The molecule has 3 fully saturated rings. The lowest BCUT2D eigenvalue weighted by Gasteiger charge is -2.29. The fourth-order valence-electron chi connectivity index (χ4n) is 5.99. The largest absolute Gasteiger partial charge is 0.493 e. The number of ether oxygens (including phenoxy) is 1. The molecule has 0 aromatic heterocycles. The van der Waals surface area contributed by atoms with Crippen LogP contribution in [0.5, 0.6) is 5.75 Å². The quantitative estimate of drug-likeness (QED) is 0.346. The lowest BCUT2D eigenvalue weighted by Crippen LogP contribution is -2.29. The monoisotopic (exact) mass is 544 g/mol. The second kappa shape index (κ2) is 13.1. The molecular weight excluding hydrogens is 507 g/mol. The molecule has 1 amide bonds. The van der Waals surface area contributed by atoms with E-state index in [9.17, 15) is 4.79 Å². The normalized spacial score (nSPS) is 18.9. The Labute approximate surface area is 235 Å². The zero-order valence-electron chi connectivity index (χ0n) is 22.8. The molecule has 2 heterocycles. The van der Waals surface area contributed by atoms with E-state index in [-0.39, 0.29) is 24.0 Å². The zero-order chi connectivity index (χ0) is 27.9. The van der Waals surface area contributed by atoms with Gasteiger partial charge in [-0.05, 0) is 67.3 Å². The molecule has 1 atom stereocenters. The average Bonchev–Trinajstić information content (AvgIpc) is 3.46. The van der Waals surface area contributed by atoms with Crippen LogP contribution in [0.2, 0.25) is 0 Å². The van der Waals surface area contributed by atoms with Gasteiger partial charge in [-0.25, -0.2) is 4.39 Å². The van der Waals surface area contributed by atoms with Gasteiger partial charge in [0.1, 0.15) is 11.6 Å². The summed E-state index contributed by atoms with van der Waals surface area (Å²) in [6.07, 6.45) is 5.19. The van der Waals surface area contributed by atoms with E-state index in [0.717, 1.165) is 63.8 Å². The number of halogens is 1. The molecule has 210 valence electrons. The van der Waals surface area contributed by atoms with Crippen molar-refractivity contribution in [2.24, 2.45) is 5.92 Å². The molecule has 1 aliphatic carbocycles. The molecule has 0 spiro atoms. The molecule has 7 heteroatoms. The van der Waals surface area contributed by atoms with Crippen molar-refractivity contribution >= 4 is 12.4 Å². The van der Waals surface area contributed by atoms with Crippen LogP contribution in [0, 0.1) is 11.7 Å². The van der Waals surface area contributed by atoms with Crippen molar-refractivity contribution < 1.29 is 23.8 Å². The molecule has 2 aliphatic heterocycles. The maximum Gasteiger partial charge on any atom is 0.290 e. The Hall–Kier alpha value is -3.71. The van der Waals surface area contributed by atoms with E-state index < -0.39 is 5.82 Å².